The SMILES string of the molecule is O=C1CCCC2=C1C(c1ccc(Br)cc1)n1nc(-c3ccc(F)cc3)nc1N2. The van der Waals surface area contributed by atoms with Gasteiger partial charge in [-0.25, -0.2) is 9.07 Å². The van der Waals surface area contributed by atoms with Gasteiger partial charge < -0.3 is 5.32 Å². The molecule has 0 amide bonds. The number of anilines is 1. The molecule has 28 heavy (non-hydrogen) atoms. The van der Waals surface area contributed by atoms with E-state index in [4.69, 9.17) is 0 Å². The number of halogens is 2. The first-order valence-corrected chi connectivity index (χ1v) is 9.90. The summed E-state index contributed by atoms with van der Waals surface area (Å²) in [6, 6.07) is 13.7. The van der Waals surface area contributed by atoms with Gasteiger partial charge in [0.05, 0.1) is 0 Å². The molecular weight excluding hydrogens is 423 g/mol. The number of aromatic nitrogens is 3. The molecule has 0 saturated heterocycles. The number of carbonyl (C=O) groups excluding carboxylic acids is 1. The van der Waals surface area contributed by atoms with Crippen molar-refractivity contribution in [2.75, 3.05) is 5.32 Å². The van der Waals surface area contributed by atoms with Crippen molar-refractivity contribution in [1.29, 1.82) is 0 Å². The summed E-state index contributed by atoms with van der Waals surface area (Å²) >= 11 is 3.47. The first-order valence-electron chi connectivity index (χ1n) is 9.11. The molecule has 1 atom stereocenters. The molecule has 7 heteroatoms. The number of allylic oxidation sites excluding steroid dienone is 2. The maximum atomic E-state index is 13.3. The van der Waals surface area contributed by atoms with Crippen LogP contribution in [0.1, 0.15) is 30.9 Å². The van der Waals surface area contributed by atoms with Gasteiger partial charge in [0.2, 0.25) is 5.95 Å². The van der Waals surface area contributed by atoms with E-state index in [2.05, 4.69) is 31.3 Å². The summed E-state index contributed by atoms with van der Waals surface area (Å²) in [7, 11) is 0. The molecule has 1 aliphatic heterocycles. The molecule has 2 aromatic carbocycles. The summed E-state index contributed by atoms with van der Waals surface area (Å²) in [6.07, 6.45) is 2.19. The maximum absolute atomic E-state index is 13.3. The summed E-state index contributed by atoms with van der Waals surface area (Å²) in [5.41, 5.74) is 3.39. The Morgan fingerprint density at radius 3 is 2.57 bits per heavy atom. The van der Waals surface area contributed by atoms with Gasteiger partial charge in [0.25, 0.3) is 0 Å². The predicted octanol–water partition coefficient (Wildman–Crippen LogP) is 4.87. The first kappa shape index (κ1) is 17.3. The van der Waals surface area contributed by atoms with E-state index < -0.39 is 0 Å². The molecule has 2 aliphatic rings. The van der Waals surface area contributed by atoms with Gasteiger partial charge >= 0.3 is 0 Å². The smallest absolute Gasteiger partial charge is 0.226 e. The van der Waals surface area contributed by atoms with Crippen molar-refractivity contribution >= 4 is 27.7 Å². The van der Waals surface area contributed by atoms with Crippen LogP contribution >= 0.6 is 15.9 Å². The van der Waals surface area contributed by atoms with Gasteiger partial charge in [-0.05, 0) is 54.8 Å². The van der Waals surface area contributed by atoms with Crippen molar-refractivity contribution in [2.24, 2.45) is 0 Å². The van der Waals surface area contributed by atoms with E-state index >= 15 is 0 Å². The van der Waals surface area contributed by atoms with Crippen LogP contribution in [0, 0.1) is 5.82 Å². The van der Waals surface area contributed by atoms with E-state index in [1.54, 1.807) is 16.8 Å². The second-order valence-electron chi connectivity index (χ2n) is 6.96. The number of hydrogen-bond donors (Lipinski definition) is 1. The van der Waals surface area contributed by atoms with Gasteiger partial charge in [-0.2, -0.15) is 4.98 Å². The number of carbonyl (C=O) groups is 1. The van der Waals surface area contributed by atoms with E-state index in [1.165, 1.54) is 12.1 Å². The van der Waals surface area contributed by atoms with Crippen molar-refractivity contribution < 1.29 is 9.18 Å². The average molecular weight is 439 g/mol. The third kappa shape index (κ3) is 2.86. The van der Waals surface area contributed by atoms with Gasteiger partial charge in [-0.1, -0.05) is 28.1 Å². The lowest BCUT2D eigenvalue weighted by atomic mass is 9.85. The minimum Gasteiger partial charge on any atom is -0.328 e. The Labute approximate surface area is 169 Å². The highest BCUT2D eigenvalue weighted by atomic mass is 79.9. The Morgan fingerprint density at radius 1 is 1.07 bits per heavy atom. The largest absolute Gasteiger partial charge is 0.328 e. The Balaban J connectivity index is 1.66. The number of hydrogen-bond acceptors (Lipinski definition) is 4. The molecule has 0 saturated carbocycles. The van der Waals surface area contributed by atoms with Crippen molar-refractivity contribution in [3.8, 4) is 11.4 Å². The normalized spacial score (nSPS) is 18.5. The minimum atomic E-state index is -0.325. The molecule has 1 aliphatic carbocycles. The van der Waals surface area contributed by atoms with Crippen molar-refractivity contribution in [1.82, 2.24) is 14.8 Å². The molecule has 3 aromatic rings. The van der Waals surface area contributed by atoms with Crippen LogP contribution in [-0.4, -0.2) is 20.5 Å². The highest BCUT2D eigenvalue weighted by molar-refractivity contribution is 9.10. The van der Waals surface area contributed by atoms with E-state index in [-0.39, 0.29) is 17.6 Å². The van der Waals surface area contributed by atoms with Crippen LogP contribution < -0.4 is 5.32 Å². The predicted molar refractivity (Wildman–Crippen MR) is 107 cm³/mol. The maximum Gasteiger partial charge on any atom is 0.226 e. The molecule has 1 N–H and O–H groups in total. The second-order valence-corrected chi connectivity index (χ2v) is 7.87. The molecule has 0 fully saturated rings. The summed E-state index contributed by atoms with van der Waals surface area (Å²) in [5, 5.41) is 7.99. The van der Waals surface area contributed by atoms with Gasteiger partial charge in [0.15, 0.2) is 11.6 Å². The standard InChI is InChI=1S/C21H16BrFN4O/c22-14-8-4-12(5-9-14)19-18-16(2-1-3-17(18)28)24-21-25-20(26-27(19)21)13-6-10-15(23)11-7-13/h4-11,19H,1-3H2,(H,24,25,26). The van der Waals surface area contributed by atoms with Crippen molar-refractivity contribution in [2.45, 2.75) is 25.3 Å². The third-order valence-corrected chi connectivity index (χ3v) is 5.68. The number of ketones is 1. The van der Waals surface area contributed by atoms with Crippen molar-refractivity contribution in [3.63, 3.8) is 0 Å². The second kappa shape index (κ2) is 6.67. The van der Waals surface area contributed by atoms with Gasteiger partial charge in [-0.3, -0.25) is 4.79 Å². The molecule has 0 bridgehead atoms. The zero-order valence-corrected chi connectivity index (χ0v) is 16.4. The fourth-order valence-corrected chi connectivity index (χ4v) is 4.10. The molecular formula is C21H16BrFN4O. The van der Waals surface area contributed by atoms with Crippen LogP contribution in [0.15, 0.2) is 64.3 Å². The number of fused-ring (bicyclic) bond motifs is 1. The van der Waals surface area contributed by atoms with Gasteiger partial charge in [-0.15, -0.1) is 5.10 Å². The molecule has 5 rings (SSSR count). The number of nitrogens with zero attached hydrogens (tertiary/aromatic N) is 3. The van der Waals surface area contributed by atoms with Crippen molar-refractivity contribution in [3.05, 3.63) is 75.7 Å². The first-order chi connectivity index (χ1) is 13.6. The van der Waals surface area contributed by atoms with E-state index in [9.17, 15) is 9.18 Å². The van der Waals surface area contributed by atoms with E-state index in [0.29, 0.717) is 18.2 Å². The lowest BCUT2D eigenvalue weighted by molar-refractivity contribution is -0.116. The topological polar surface area (TPSA) is 59.8 Å². The van der Waals surface area contributed by atoms with Crippen LogP contribution in [0.25, 0.3) is 11.4 Å². The highest BCUT2D eigenvalue weighted by Crippen LogP contribution is 2.40. The van der Waals surface area contributed by atoms with Crippen LogP contribution in [-0.2, 0) is 4.79 Å². The zero-order valence-electron chi connectivity index (χ0n) is 14.8. The summed E-state index contributed by atoms with van der Waals surface area (Å²) in [6.45, 7) is 0. The molecule has 1 aromatic heterocycles. The summed E-state index contributed by atoms with van der Waals surface area (Å²) < 4.78 is 16.0. The lowest BCUT2D eigenvalue weighted by Gasteiger charge is -2.32. The molecule has 140 valence electrons. The van der Waals surface area contributed by atoms with Crippen LogP contribution in [0.2, 0.25) is 0 Å². The van der Waals surface area contributed by atoms with Crippen LogP contribution in [0.5, 0.6) is 0 Å². The fourth-order valence-electron chi connectivity index (χ4n) is 3.83. The van der Waals surface area contributed by atoms with Crippen LogP contribution in [0.3, 0.4) is 0 Å². The lowest BCUT2D eigenvalue weighted by Crippen LogP contribution is -2.31. The van der Waals surface area contributed by atoms with E-state index in [1.807, 2.05) is 24.3 Å². The fraction of sp³-hybridized carbons (Fsp3) is 0.190. The number of Topliss-reactive ketones (excluding diaryl/α,β-unsaturated/α-hetero) is 1. The molecule has 0 spiro atoms. The van der Waals surface area contributed by atoms with Crippen LogP contribution in [0.4, 0.5) is 10.3 Å². The van der Waals surface area contributed by atoms with Gasteiger partial charge in [0.1, 0.15) is 11.9 Å². The number of nitrogens with one attached hydrogen (secondary N) is 1. The molecule has 5 nitrogen and oxygen atoms in total. The number of rotatable bonds is 2. The Morgan fingerprint density at radius 2 is 1.82 bits per heavy atom. The monoisotopic (exact) mass is 438 g/mol. The average Bonchev–Trinajstić information content (AvgIpc) is 3.11. The third-order valence-electron chi connectivity index (χ3n) is 5.16. The summed E-state index contributed by atoms with van der Waals surface area (Å²) in [4.78, 5) is 17.4. The quantitative estimate of drug-likeness (QED) is 0.619. The Hall–Kier alpha value is -2.80. The Kier molecular flexibility index (Phi) is 4.12. The zero-order chi connectivity index (χ0) is 19.3. The molecule has 2 heterocycles. The minimum absolute atomic E-state index is 0.145. The van der Waals surface area contributed by atoms with Gasteiger partial charge in [0, 0.05) is 27.7 Å². The highest BCUT2D eigenvalue weighted by Gasteiger charge is 2.36. The number of benzene rings is 2. The molecule has 1 unspecified atom stereocenters. The molecule has 0 radical (unpaired) electrons. The Bertz CT molecular complexity index is 1100. The summed E-state index contributed by atoms with van der Waals surface area (Å²) in [5.74, 6) is 0.935. The van der Waals surface area contributed by atoms with E-state index in [0.717, 1.165) is 39.7 Å².